The molecule has 23 heavy (non-hydrogen) atoms. The van der Waals surface area contributed by atoms with Crippen LogP contribution in [0.1, 0.15) is 46.0 Å². The summed E-state index contributed by atoms with van der Waals surface area (Å²) in [6.07, 6.45) is 4.79. The van der Waals surface area contributed by atoms with E-state index in [0.717, 1.165) is 35.7 Å². The predicted octanol–water partition coefficient (Wildman–Crippen LogP) is 2.77. The van der Waals surface area contributed by atoms with Gasteiger partial charge in [0.05, 0.1) is 33.9 Å². The van der Waals surface area contributed by atoms with E-state index in [0.29, 0.717) is 12.4 Å². The van der Waals surface area contributed by atoms with Gasteiger partial charge in [-0.2, -0.15) is 0 Å². The topological polar surface area (TPSA) is 71.0 Å². The van der Waals surface area contributed by atoms with E-state index in [4.69, 9.17) is 0 Å². The zero-order valence-corrected chi connectivity index (χ0v) is 14.5. The number of aryl methyl sites for hydroxylation is 3. The molecule has 0 spiro atoms. The van der Waals surface area contributed by atoms with Crippen LogP contribution >= 0.6 is 11.3 Å². The number of aromatic nitrogens is 3. The number of amides is 2. The molecule has 1 unspecified atom stereocenters. The fourth-order valence-corrected chi connectivity index (χ4v) is 4.08. The maximum atomic E-state index is 12.5. The van der Waals surface area contributed by atoms with Crippen LogP contribution in [-0.2, 0) is 13.0 Å². The second kappa shape index (κ2) is 6.62. The van der Waals surface area contributed by atoms with E-state index in [-0.39, 0.29) is 12.1 Å². The Kier molecular flexibility index (Phi) is 4.56. The largest absolute Gasteiger partial charge is 0.332 e. The van der Waals surface area contributed by atoms with Gasteiger partial charge in [0.15, 0.2) is 0 Å². The number of nitrogens with zero attached hydrogens (tertiary/aromatic N) is 4. The lowest BCUT2D eigenvalue weighted by Gasteiger charge is -2.30. The first-order valence-corrected chi connectivity index (χ1v) is 8.61. The van der Waals surface area contributed by atoms with Gasteiger partial charge in [0.2, 0.25) is 0 Å². The Morgan fingerprint density at radius 2 is 2.26 bits per heavy atom. The normalized spacial score (nSPS) is 16.7. The van der Waals surface area contributed by atoms with E-state index < -0.39 is 0 Å². The van der Waals surface area contributed by atoms with Crippen LogP contribution in [-0.4, -0.2) is 32.9 Å². The van der Waals surface area contributed by atoms with Crippen molar-refractivity contribution >= 4 is 17.4 Å². The van der Waals surface area contributed by atoms with Crippen LogP contribution in [0, 0.1) is 13.8 Å². The van der Waals surface area contributed by atoms with Crippen LogP contribution in [0.15, 0.2) is 12.3 Å². The van der Waals surface area contributed by atoms with Gasteiger partial charge in [-0.25, -0.2) is 19.7 Å². The van der Waals surface area contributed by atoms with Crippen molar-refractivity contribution in [3.63, 3.8) is 0 Å². The zero-order valence-electron chi connectivity index (χ0n) is 13.7. The molecule has 0 saturated carbocycles. The quantitative estimate of drug-likeness (QED) is 0.939. The monoisotopic (exact) mass is 331 g/mol. The third-order valence-corrected chi connectivity index (χ3v) is 5.18. The molecular formula is C16H21N5OS. The van der Waals surface area contributed by atoms with Crippen molar-refractivity contribution in [2.24, 2.45) is 0 Å². The molecule has 0 aromatic carbocycles. The fourth-order valence-electron chi connectivity index (χ4n) is 2.92. The predicted molar refractivity (Wildman–Crippen MR) is 89.3 cm³/mol. The Balaban J connectivity index is 1.66. The summed E-state index contributed by atoms with van der Waals surface area (Å²) in [6, 6.07) is 1.86. The Bertz CT molecular complexity index is 714. The SMILES string of the molecule is Cc1nccc(CNC(=O)N(C)C2CCCc3nc(C)sc32)n1. The molecule has 1 N–H and O–H groups in total. The van der Waals surface area contributed by atoms with Crippen LogP contribution in [0.25, 0.3) is 0 Å². The third-order valence-electron chi connectivity index (χ3n) is 4.07. The number of nitrogens with one attached hydrogen (secondary N) is 1. The molecule has 0 saturated heterocycles. The summed E-state index contributed by atoms with van der Waals surface area (Å²) in [6.45, 7) is 4.28. The van der Waals surface area contributed by atoms with E-state index in [1.54, 1.807) is 22.4 Å². The van der Waals surface area contributed by atoms with Crippen molar-refractivity contribution in [3.05, 3.63) is 39.4 Å². The number of urea groups is 1. The maximum absolute atomic E-state index is 12.5. The van der Waals surface area contributed by atoms with Gasteiger partial charge in [-0.3, -0.25) is 0 Å². The molecule has 2 aromatic heterocycles. The van der Waals surface area contributed by atoms with Crippen LogP contribution < -0.4 is 5.32 Å². The number of carbonyl (C=O) groups excluding carboxylic acids is 1. The first kappa shape index (κ1) is 15.9. The summed E-state index contributed by atoms with van der Waals surface area (Å²) in [7, 11) is 1.86. The maximum Gasteiger partial charge on any atom is 0.318 e. The summed E-state index contributed by atoms with van der Waals surface area (Å²) in [5, 5.41) is 4.02. The molecule has 6 nitrogen and oxygen atoms in total. The van der Waals surface area contributed by atoms with Gasteiger partial charge in [-0.15, -0.1) is 11.3 Å². The van der Waals surface area contributed by atoms with E-state index in [9.17, 15) is 4.79 Å². The number of fused-ring (bicyclic) bond motifs is 1. The van der Waals surface area contributed by atoms with E-state index in [2.05, 4.69) is 20.3 Å². The molecule has 7 heteroatoms. The smallest absolute Gasteiger partial charge is 0.318 e. The van der Waals surface area contributed by atoms with E-state index in [1.807, 2.05) is 27.0 Å². The number of hydrogen-bond acceptors (Lipinski definition) is 5. The molecule has 0 fully saturated rings. The number of rotatable bonds is 3. The Morgan fingerprint density at radius 1 is 1.43 bits per heavy atom. The molecular weight excluding hydrogens is 310 g/mol. The van der Waals surface area contributed by atoms with Gasteiger partial charge >= 0.3 is 6.03 Å². The second-order valence-corrected chi connectivity index (χ2v) is 7.05. The zero-order chi connectivity index (χ0) is 16.4. The van der Waals surface area contributed by atoms with Crippen molar-refractivity contribution in [1.82, 2.24) is 25.2 Å². The van der Waals surface area contributed by atoms with Crippen LogP contribution in [0.2, 0.25) is 0 Å². The molecule has 2 heterocycles. The highest BCUT2D eigenvalue weighted by atomic mass is 32.1. The molecule has 0 bridgehead atoms. The highest BCUT2D eigenvalue weighted by Gasteiger charge is 2.29. The minimum absolute atomic E-state index is 0.0785. The minimum Gasteiger partial charge on any atom is -0.332 e. The molecule has 2 aromatic rings. The van der Waals surface area contributed by atoms with E-state index >= 15 is 0 Å². The van der Waals surface area contributed by atoms with Gasteiger partial charge in [0, 0.05) is 13.2 Å². The lowest BCUT2D eigenvalue weighted by molar-refractivity contribution is 0.184. The average molecular weight is 331 g/mol. The molecule has 1 atom stereocenters. The van der Waals surface area contributed by atoms with Crippen LogP contribution in [0.3, 0.4) is 0 Å². The summed E-state index contributed by atoms with van der Waals surface area (Å²) in [4.78, 5) is 28.5. The standard InChI is InChI=1S/C16H21N5OS/c1-10-17-8-7-12(19-10)9-18-16(22)21(3)14-6-4-5-13-15(14)23-11(2)20-13/h7-8,14H,4-6,9H2,1-3H3,(H,18,22). The van der Waals surface area contributed by atoms with Gasteiger partial charge in [-0.1, -0.05) is 0 Å². The number of carbonyl (C=O) groups is 1. The van der Waals surface area contributed by atoms with Crippen molar-refractivity contribution < 1.29 is 4.79 Å². The first-order valence-electron chi connectivity index (χ1n) is 7.80. The highest BCUT2D eigenvalue weighted by Crippen LogP contribution is 2.37. The number of thiazole rings is 1. The molecule has 1 aliphatic rings. The fraction of sp³-hybridized carbons (Fsp3) is 0.500. The molecule has 3 rings (SSSR count). The molecule has 1 aliphatic carbocycles. The van der Waals surface area contributed by atoms with Crippen molar-refractivity contribution in [2.45, 2.75) is 45.7 Å². The van der Waals surface area contributed by atoms with E-state index in [1.165, 1.54) is 4.88 Å². The summed E-state index contributed by atoms with van der Waals surface area (Å²) in [5.41, 5.74) is 1.98. The molecule has 122 valence electrons. The van der Waals surface area contributed by atoms with Crippen molar-refractivity contribution in [2.75, 3.05) is 7.05 Å². The highest BCUT2D eigenvalue weighted by molar-refractivity contribution is 7.11. The van der Waals surface area contributed by atoms with Gasteiger partial charge in [-0.05, 0) is 39.2 Å². The third kappa shape index (κ3) is 3.50. The minimum atomic E-state index is -0.0785. The number of hydrogen-bond donors (Lipinski definition) is 1. The van der Waals surface area contributed by atoms with Crippen LogP contribution in [0.5, 0.6) is 0 Å². The first-order chi connectivity index (χ1) is 11.0. The van der Waals surface area contributed by atoms with Gasteiger partial charge in [0.1, 0.15) is 5.82 Å². The van der Waals surface area contributed by atoms with Crippen LogP contribution in [0.4, 0.5) is 4.79 Å². The van der Waals surface area contributed by atoms with Crippen molar-refractivity contribution in [3.8, 4) is 0 Å². The molecule has 0 aliphatic heterocycles. The summed E-state index contributed by atoms with van der Waals surface area (Å²) in [5.74, 6) is 0.710. The molecule has 2 amide bonds. The summed E-state index contributed by atoms with van der Waals surface area (Å²) >= 11 is 1.71. The average Bonchev–Trinajstić information content (AvgIpc) is 2.92. The van der Waals surface area contributed by atoms with Crippen molar-refractivity contribution in [1.29, 1.82) is 0 Å². The Labute approximate surface area is 140 Å². The lowest BCUT2D eigenvalue weighted by atomic mass is 9.97. The Hall–Kier alpha value is -2.02. The lowest BCUT2D eigenvalue weighted by Crippen LogP contribution is -2.40. The van der Waals surface area contributed by atoms with Gasteiger partial charge in [0.25, 0.3) is 0 Å². The molecule has 0 radical (unpaired) electrons. The summed E-state index contributed by atoms with van der Waals surface area (Å²) < 4.78 is 0. The second-order valence-electron chi connectivity index (χ2n) is 5.82. The van der Waals surface area contributed by atoms with Gasteiger partial charge < -0.3 is 10.2 Å². The Morgan fingerprint density at radius 3 is 3.04 bits per heavy atom.